The van der Waals surface area contributed by atoms with Crippen LogP contribution in [0.15, 0.2) is 60.8 Å². The summed E-state index contributed by atoms with van der Waals surface area (Å²) in [6, 6.07) is 17.0. The molecule has 0 unspecified atom stereocenters. The van der Waals surface area contributed by atoms with Gasteiger partial charge in [0.05, 0.1) is 17.4 Å². The van der Waals surface area contributed by atoms with Gasteiger partial charge in [0.2, 0.25) is 0 Å². The molecule has 6 heteroatoms. The molecule has 1 aliphatic rings. The molecule has 0 saturated heterocycles. The number of amides is 2. The molecule has 1 aliphatic carbocycles. The Hall–Kier alpha value is -2.99. The van der Waals surface area contributed by atoms with Gasteiger partial charge in [0, 0.05) is 11.6 Å². The summed E-state index contributed by atoms with van der Waals surface area (Å²) in [6.07, 6.45) is 3.60. The number of hydrogen-bond acceptors (Lipinski definition) is 4. The second-order valence-electron chi connectivity index (χ2n) is 6.14. The number of carbonyl (C=O) groups excluding carboxylic acids is 2. The summed E-state index contributed by atoms with van der Waals surface area (Å²) >= 11 is 1.32. The maximum absolute atomic E-state index is 12.6. The van der Waals surface area contributed by atoms with Crippen LogP contribution in [0.3, 0.4) is 0 Å². The number of para-hydroxylation sites is 1. The average molecular weight is 363 g/mol. The monoisotopic (exact) mass is 363 g/mol. The van der Waals surface area contributed by atoms with Crippen LogP contribution in [0.1, 0.15) is 32.9 Å². The van der Waals surface area contributed by atoms with Gasteiger partial charge in [0.1, 0.15) is 9.88 Å². The van der Waals surface area contributed by atoms with Crippen molar-refractivity contribution in [3.05, 3.63) is 71.2 Å². The lowest BCUT2D eigenvalue weighted by atomic mass is 10.1. The zero-order chi connectivity index (χ0) is 17.9. The van der Waals surface area contributed by atoms with Crippen molar-refractivity contribution in [2.45, 2.75) is 18.9 Å². The van der Waals surface area contributed by atoms with Crippen LogP contribution >= 0.6 is 11.3 Å². The fourth-order valence-corrected chi connectivity index (χ4v) is 3.37. The molecule has 0 spiro atoms. The maximum Gasteiger partial charge on any atom is 0.267 e. The van der Waals surface area contributed by atoms with E-state index in [9.17, 15) is 9.59 Å². The van der Waals surface area contributed by atoms with E-state index in [1.54, 1.807) is 30.5 Å². The summed E-state index contributed by atoms with van der Waals surface area (Å²) in [6.45, 7) is 0. The van der Waals surface area contributed by atoms with Crippen LogP contribution in [0, 0.1) is 0 Å². The van der Waals surface area contributed by atoms with Crippen molar-refractivity contribution in [1.29, 1.82) is 0 Å². The van der Waals surface area contributed by atoms with Gasteiger partial charge in [-0.25, -0.2) is 4.98 Å². The Morgan fingerprint density at radius 2 is 1.69 bits per heavy atom. The van der Waals surface area contributed by atoms with Crippen LogP contribution in [0.2, 0.25) is 0 Å². The average Bonchev–Trinajstić information content (AvgIpc) is 3.34. The Kier molecular flexibility index (Phi) is 4.50. The number of nitrogens with one attached hydrogen (secondary N) is 2. The highest BCUT2D eigenvalue weighted by molar-refractivity contribution is 7.17. The predicted octanol–water partition coefficient (Wildman–Crippen LogP) is 3.95. The van der Waals surface area contributed by atoms with Gasteiger partial charge in [-0.1, -0.05) is 42.5 Å². The smallest absolute Gasteiger partial charge is 0.267 e. The highest BCUT2D eigenvalue weighted by Crippen LogP contribution is 2.26. The van der Waals surface area contributed by atoms with E-state index in [1.165, 1.54) is 11.3 Å². The van der Waals surface area contributed by atoms with Crippen molar-refractivity contribution in [3.8, 4) is 10.6 Å². The van der Waals surface area contributed by atoms with Gasteiger partial charge in [-0.15, -0.1) is 11.3 Å². The number of hydrogen-bond donors (Lipinski definition) is 2. The summed E-state index contributed by atoms with van der Waals surface area (Å²) in [5.41, 5.74) is 1.95. The van der Waals surface area contributed by atoms with Crippen molar-refractivity contribution < 1.29 is 9.59 Å². The standard InChI is InChI=1S/C20H17N3O2S/c24-18(22-14-10-11-14)15-8-4-5-9-16(15)23-19(25)17-12-21-20(26-17)13-6-2-1-3-7-13/h1-9,12,14H,10-11H2,(H,22,24)(H,23,25). The van der Waals surface area contributed by atoms with Gasteiger partial charge in [0.15, 0.2) is 0 Å². The fourth-order valence-electron chi connectivity index (χ4n) is 2.56. The molecule has 2 amide bonds. The van der Waals surface area contributed by atoms with Gasteiger partial charge in [-0.2, -0.15) is 0 Å². The molecule has 26 heavy (non-hydrogen) atoms. The highest BCUT2D eigenvalue weighted by Gasteiger charge is 2.25. The van der Waals surface area contributed by atoms with Crippen molar-refractivity contribution in [2.75, 3.05) is 5.32 Å². The number of rotatable bonds is 5. The van der Waals surface area contributed by atoms with Crippen molar-refractivity contribution in [3.63, 3.8) is 0 Å². The summed E-state index contributed by atoms with van der Waals surface area (Å²) in [4.78, 5) is 29.8. The van der Waals surface area contributed by atoms with Gasteiger partial charge < -0.3 is 10.6 Å². The molecule has 1 heterocycles. The van der Waals surface area contributed by atoms with Crippen LogP contribution in [0.4, 0.5) is 5.69 Å². The summed E-state index contributed by atoms with van der Waals surface area (Å²) in [5.74, 6) is -0.422. The third-order valence-electron chi connectivity index (χ3n) is 4.08. The van der Waals surface area contributed by atoms with E-state index < -0.39 is 0 Å². The molecule has 4 rings (SSSR count). The van der Waals surface area contributed by atoms with E-state index in [-0.39, 0.29) is 17.9 Å². The molecule has 1 fully saturated rings. The van der Waals surface area contributed by atoms with Crippen LogP contribution in [0.5, 0.6) is 0 Å². The molecule has 5 nitrogen and oxygen atoms in total. The van der Waals surface area contributed by atoms with Crippen LogP contribution < -0.4 is 10.6 Å². The normalized spacial score (nSPS) is 13.2. The zero-order valence-corrected chi connectivity index (χ0v) is 14.8. The van der Waals surface area contributed by atoms with E-state index in [4.69, 9.17) is 0 Å². The van der Waals surface area contributed by atoms with E-state index in [2.05, 4.69) is 15.6 Å². The van der Waals surface area contributed by atoms with Crippen molar-refractivity contribution in [2.24, 2.45) is 0 Å². The Morgan fingerprint density at radius 1 is 0.962 bits per heavy atom. The number of benzene rings is 2. The molecule has 1 saturated carbocycles. The summed E-state index contributed by atoms with van der Waals surface area (Å²) in [7, 11) is 0. The number of nitrogens with zero attached hydrogens (tertiary/aromatic N) is 1. The fraction of sp³-hybridized carbons (Fsp3) is 0.150. The van der Waals surface area contributed by atoms with Gasteiger partial charge in [-0.3, -0.25) is 9.59 Å². The number of anilines is 1. The van der Waals surface area contributed by atoms with Crippen LogP contribution in [-0.2, 0) is 0 Å². The molecule has 2 N–H and O–H groups in total. The maximum atomic E-state index is 12.6. The van der Waals surface area contributed by atoms with Crippen molar-refractivity contribution >= 4 is 28.8 Å². The minimum atomic E-state index is -0.267. The largest absolute Gasteiger partial charge is 0.349 e. The number of thiazole rings is 1. The lowest BCUT2D eigenvalue weighted by Crippen LogP contribution is -2.26. The van der Waals surface area contributed by atoms with Crippen molar-refractivity contribution in [1.82, 2.24) is 10.3 Å². The first-order valence-corrected chi connectivity index (χ1v) is 9.25. The van der Waals surface area contributed by atoms with Gasteiger partial charge in [-0.05, 0) is 25.0 Å². The van der Waals surface area contributed by atoms with Gasteiger partial charge >= 0.3 is 0 Å². The van der Waals surface area contributed by atoms with E-state index in [0.717, 1.165) is 23.4 Å². The lowest BCUT2D eigenvalue weighted by molar-refractivity contribution is 0.0952. The molecule has 0 aliphatic heterocycles. The first-order valence-electron chi connectivity index (χ1n) is 8.43. The number of aromatic nitrogens is 1. The first kappa shape index (κ1) is 16.5. The third-order valence-corrected chi connectivity index (χ3v) is 5.13. The third kappa shape index (κ3) is 3.65. The molecule has 3 aromatic rings. The second kappa shape index (κ2) is 7.09. The van der Waals surface area contributed by atoms with E-state index in [0.29, 0.717) is 16.1 Å². The van der Waals surface area contributed by atoms with Crippen LogP contribution in [-0.4, -0.2) is 22.8 Å². The molecule has 0 bridgehead atoms. The Balaban J connectivity index is 1.52. The van der Waals surface area contributed by atoms with E-state index in [1.807, 2.05) is 30.3 Å². The topological polar surface area (TPSA) is 71.1 Å². The molecule has 0 atom stereocenters. The zero-order valence-electron chi connectivity index (χ0n) is 13.9. The second-order valence-corrected chi connectivity index (χ2v) is 7.17. The summed E-state index contributed by atoms with van der Waals surface area (Å²) in [5, 5.41) is 6.57. The van der Waals surface area contributed by atoms with Crippen LogP contribution in [0.25, 0.3) is 10.6 Å². The molecular formula is C20H17N3O2S. The minimum absolute atomic E-state index is 0.155. The SMILES string of the molecule is O=C(Nc1ccccc1C(=O)NC1CC1)c1cnc(-c2ccccc2)s1. The first-order chi connectivity index (χ1) is 12.7. The molecule has 0 radical (unpaired) electrons. The quantitative estimate of drug-likeness (QED) is 0.721. The predicted molar refractivity (Wildman–Crippen MR) is 102 cm³/mol. The molecule has 2 aromatic carbocycles. The molecular weight excluding hydrogens is 346 g/mol. The number of carbonyl (C=O) groups is 2. The Bertz CT molecular complexity index is 948. The Labute approximate surface area is 155 Å². The highest BCUT2D eigenvalue weighted by atomic mass is 32.1. The minimum Gasteiger partial charge on any atom is -0.349 e. The molecule has 1 aromatic heterocycles. The lowest BCUT2D eigenvalue weighted by Gasteiger charge is -2.10. The summed E-state index contributed by atoms with van der Waals surface area (Å²) < 4.78 is 0. The van der Waals surface area contributed by atoms with Gasteiger partial charge in [0.25, 0.3) is 11.8 Å². The van der Waals surface area contributed by atoms with E-state index >= 15 is 0 Å². The molecule has 130 valence electrons. The Morgan fingerprint density at radius 3 is 2.46 bits per heavy atom.